The third-order valence-electron chi connectivity index (χ3n) is 8.99. The highest BCUT2D eigenvalue weighted by molar-refractivity contribution is 7.87. The zero-order valence-electron chi connectivity index (χ0n) is 30.4. The van der Waals surface area contributed by atoms with Crippen molar-refractivity contribution in [2.45, 2.75) is 49.4 Å². The summed E-state index contributed by atoms with van der Waals surface area (Å²) >= 11 is 0. The van der Waals surface area contributed by atoms with Crippen molar-refractivity contribution in [3.8, 4) is 22.5 Å². The molecular formula is C34H28N2O19S6. The summed E-state index contributed by atoms with van der Waals surface area (Å²) in [6.07, 6.45) is 0. The fraction of sp³-hybridized carbons (Fsp3) is 0.0882. The number of nitrogens with zero attached hydrogens (tertiary/aromatic N) is 1. The Morgan fingerprint density at radius 1 is 0.541 bits per heavy atom. The van der Waals surface area contributed by atoms with Crippen molar-refractivity contribution in [3.63, 3.8) is 0 Å². The maximum absolute atomic E-state index is 12.9. The van der Waals surface area contributed by atoms with Crippen LogP contribution in [0, 0.1) is 6.92 Å². The maximum atomic E-state index is 12.9. The van der Waals surface area contributed by atoms with Crippen molar-refractivity contribution < 1.29 is 82.2 Å². The number of nitrogens with one attached hydrogen (secondary N) is 1. The Morgan fingerprint density at radius 3 is 1.59 bits per heavy atom. The molecule has 61 heavy (non-hydrogen) atoms. The van der Waals surface area contributed by atoms with E-state index in [1.54, 1.807) is 31.2 Å². The van der Waals surface area contributed by atoms with E-state index in [2.05, 4.69) is 10.3 Å². The molecule has 0 spiro atoms. The molecule has 27 heteroatoms. The van der Waals surface area contributed by atoms with Gasteiger partial charge >= 0.3 is 0 Å². The normalized spacial score (nSPS) is 13.5. The number of rotatable bonds is 12. The SMILES string of the molecule is Cc1ccccc1-c1c2cc(S(=O)(=O)O)/c(=N/Cc3ccc(S(=O)(=O)O)cc3S(=O)(=O)O)cc-2oc2cc(NCc3ccc(S(=O)(=O)O)cc3S(=O)(=O)O)c(S(=O)(=O)O)cc12. The van der Waals surface area contributed by atoms with Crippen molar-refractivity contribution >= 4 is 77.4 Å². The fourth-order valence-corrected chi connectivity index (χ4v) is 10.2. The second-order valence-electron chi connectivity index (χ2n) is 13.0. The molecule has 6 rings (SSSR count). The van der Waals surface area contributed by atoms with Crippen LogP contribution in [-0.2, 0) is 73.8 Å². The van der Waals surface area contributed by atoms with Gasteiger partial charge in [0.05, 0.1) is 27.4 Å². The molecule has 0 bridgehead atoms. The van der Waals surface area contributed by atoms with Crippen molar-refractivity contribution in [1.82, 2.24) is 0 Å². The van der Waals surface area contributed by atoms with Gasteiger partial charge in [0.15, 0.2) is 0 Å². The fourth-order valence-electron chi connectivity index (χ4n) is 6.27. The van der Waals surface area contributed by atoms with Crippen molar-refractivity contribution in [2.24, 2.45) is 4.99 Å². The summed E-state index contributed by atoms with van der Waals surface area (Å²) in [5.41, 5.74) is -0.543. The molecule has 1 aliphatic heterocycles. The molecule has 1 aliphatic carbocycles. The molecule has 21 nitrogen and oxygen atoms in total. The molecule has 0 fully saturated rings. The lowest BCUT2D eigenvalue weighted by Gasteiger charge is -2.20. The van der Waals surface area contributed by atoms with Crippen LogP contribution in [-0.4, -0.2) is 77.8 Å². The number of benzene rings is 5. The third kappa shape index (κ3) is 9.67. The van der Waals surface area contributed by atoms with Gasteiger partial charge in [0.25, 0.3) is 60.7 Å². The van der Waals surface area contributed by atoms with Gasteiger partial charge in [0, 0.05) is 35.2 Å². The summed E-state index contributed by atoms with van der Waals surface area (Å²) < 4.78 is 212. The number of hydrogen-bond donors (Lipinski definition) is 7. The van der Waals surface area contributed by atoms with Gasteiger partial charge in [-0.1, -0.05) is 36.4 Å². The summed E-state index contributed by atoms with van der Waals surface area (Å²) in [6, 6.07) is 14.5. The monoisotopic (exact) mass is 960 g/mol. The van der Waals surface area contributed by atoms with Crippen LogP contribution in [0.4, 0.5) is 5.69 Å². The van der Waals surface area contributed by atoms with Crippen LogP contribution in [0.5, 0.6) is 0 Å². The number of fused-ring (bicyclic) bond motifs is 2. The molecule has 0 unspecified atom stereocenters. The van der Waals surface area contributed by atoms with Gasteiger partial charge in [-0.3, -0.25) is 32.3 Å². The minimum atomic E-state index is -5.22. The van der Waals surface area contributed by atoms with E-state index in [1.165, 1.54) is 0 Å². The highest BCUT2D eigenvalue weighted by Gasteiger charge is 2.28. The summed E-state index contributed by atoms with van der Waals surface area (Å²) in [6.45, 7) is 0.171. The van der Waals surface area contributed by atoms with Crippen LogP contribution in [0.3, 0.4) is 0 Å². The van der Waals surface area contributed by atoms with Crippen LogP contribution in [0.15, 0.2) is 124 Å². The van der Waals surface area contributed by atoms with Crippen LogP contribution >= 0.6 is 0 Å². The minimum absolute atomic E-state index is 0.0752. The standard InChI is InChI=1S/C34H28N2O19S6/c1-18-4-2-3-5-23(18)34-24-12-32(60(49,50)51)26(35-16-19-6-8-21(56(37,38)39)10-30(19)58(43,44)45)14-28(24)55-29-15-27(33(13-25(29)34)61(52,53)54)36-17-20-7-9-22(57(40,41)42)11-31(20)59(46,47)48/h2-15,35H,16-17H2,1H3,(H,37,38,39)(H,40,41,42)(H,43,44,45)(H,46,47,48)(H,49,50,51)(H,52,53,54)/b36-27+. The van der Waals surface area contributed by atoms with Crippen LogP contribution in [0.2, 0.25) is 0 Å². The Labute approximate surface area is 346 Å². The van der Waals surface area contributed by atoms with E-state index in [0.717, 1.165) is 48.5 Å². The maximum Gasteiger partial charge on any atom is 0.296 e. The second kappa shape index (κ2) is 15.6. The zero-order valence-corrected chi connectivity index (χ0v) is 35.3. The average molecular weight is 961 g/mol. The first-order chi connectivity index (χ1) is 27.9. The van der Waals surface area contributed by atoms with E-state index in [-0.39, 0.29) is 33.4 Å². The van der Waals surface area contributed by atoms with Crippen LogP contribution in [0.1, 0.15) is 16.7 Å². The van der Waals surface area contributed by atoms with Gasteiger partial charge in [-0.15, -0.1) is 0 Å². The summed E-state index contributed by atoms with van der Waals surface area (Å²) in [4.78, 5) is -1.47. The quantitative estimate of drug-likeness (QED) is 0.0679. The van der Waals surface area contributed by atoms with E-state index in [9.17, 15) is 77.8 Å². The molecule has 0 aromatic heterocycles. The third-order valence-corrected chi connectivity index (χ3v) is 14.3. The van der Waals surface area contributed by atoms with Crippen LogP contribution < -0.4 is 10.7 Å². The Balaban J connectivity index is 1.64. The molecule has 0 saturated carbocycles. The number of aryl methyl sites for hydroxylation is 1. The molecule has 4 aromatic carbocycles. The molecule has 7 N–H and O–H groups in total. The minimum Gasteiger partial charge on any atom is -0.456 e. The lowest BCUT2D eigenvalue weighted by atomic mass is 9.91. The van der Waals surface area contributed by atoms with Gasteiger partial charge in [0.2, 0.25) is 0 Å². The molecule has 0 amide bonds. The van der Waals surface area contributed by atoms with Gasteiger partial charge in [0.1, 0.15) is 30.9 Å². The molecule has 0 radical (unpaired) electrons. The smallest absolute Gasteiger partial charge is 0.296 e. The van der Waals surface area contributed by atoms with Gasteiger partial charge < -0.3 is 9.73 Å². The molecule has 0 atom stereocenters. The molecule has 324 valence electrons. The lowest BCUT2D eigenvalue weighted by molar-refractivity contribution is 0.475. The molecule has 2 aliphatic rings. The van der Waals surface area contributed by atoms with Crippen molar-refractivity contribution in [2.75, 3.05) is 5.32 Å². The first-order valence-electron chi connectivity index (χ1n) is 16.4. The first kappa shape index (κ1) is 45.4. The van der Waals surface area contributed by atoms with E-state index in [0.29, 0.717) is 23.3 Å². The summed E-state index contributed by atoms with van der Waals surface area (Å²) in [7, 11) is -30.7. The first-order valence-corrected chi connectivity index (χ1v) is 25.1. The van der Waals surface area contributed by atoms with Gasteiger partial charge in [-0.2, -0.15) is 50.5 Å². The van der Waals surface area contributed by atoms with Crippen molar-refractivity contribution in [1.29, 1.82) is 0 Å². The Hall–Kier alpha value is -5.17. The van der Waals surface area contributed by atoms with E-state index < -0.39 is 120 Å². The van der Waals surface area contributed by atoms with E-state index >= 15 is 0 Å². The van der Waals surface area contributed by atoms with E-state index in [1.807, 2.05) is 0 Å². The average Bonchev–Trinajstić information content (AvgIpc) is 3.12. The summed E-state index contributed by atoms with van der Waals surface area (Å²) in [5, 5.41) is 1.93. The van der Waals surface area contributed by atoms with Crippen LogP contribution in [0.25, 0.3) is 33.4 Å². The number of hydrogen-bond acceptors (Lipinski definition) is 15. The zero-order chi connectivity index (χ0) is 45.2. The molecule has 0 saturated heterocycles. The number of anilines is 1. The van der Waals surface area contributed by atoms with E-state index in [4.69, 9.17) is 4.42 Å². The Bertz CT molecular complexity index is 3570. The second-order valence-corrected chi connectivity index (χ2v) is 21.4. The Morgan fingerprint density at radius 2 is 1.07 bits per heavy atom. The lowest BCUT2D eigenvalue weighted by Crippen LogP contribution is -2.17. The highest BCUT2D eigenvalue weighted by Crippen LogP contribution is 2.44. The predicted octanol–water partition coefficient (Wildman–Crippen LogP) is 3.71. The molecule has 4 aromatic rings. The largest absolute Gasteiger partial charge is 0.456 e. The molecular weight excluding hydrogens is 933 g/mol. The summed E-state index contributed by atoms with van der Waals surface area (Å²) in [5.74, 6) is -0.214. The molecule has 1 heterocycles. The highest BCUT2D eigenvalue weighted by atomic mass is 32.2. The topological polar surface area (TPSA) is 364 Å². The van der Waals surface area contributed by atoms with Gasteiger partial charge in [-0.05, 0) is 65.6 Å². The Kier molecular flexibility index (Phi) is 11.6. The predicted molar refractivity (Wildman–Crippen MR) is 211 cm³/mol. The van der Waals surface area contributed by atoms with Gasteiger partial charge in [-0.25, -0.2) is 0 Å². The van der Waals surface area contributed by atoms with Crippen molar-refractivity contribution in [3.05, 3.63) is 107 Å².